The van der Waals surface area contributed by atoms with Gasteiger partial charge in [0.05, 0.1) is 19.3 Å². The predicted molar refractivity (Wildman–Crippen MR) is 59.7 cm³/mol. The molecule has 15 heavy (non-hydrogen) atoms. The lowest BCUT2D eigenvalue weighted by Gasteiger charge is -2.11. The molecule has 0 aromatic heterocycles. The van der Waals surface area contributed by atoms with E-state index in [0.29, 0.717) is 19.8 Å². The molecule has 2 N–H and O–H groups in total. The summed E-state index contributed by atoms with van der Waals surface area (Å²) < 4.78 is 5.27. The Bertz CT molecular complexity index is 223. The fraction of sp³-hybridized carbons (Fsp3) is 0.727. The summed E-state index contributed by atoms with van der Waals surface area (Å²) in [5.41, 5.74) is 0.999. The van der Waals surface area contributed by atoms with Gasteiger partial charge in [-0.25, -0.2) is 0 Å². The first-order chi connectivity index (χ1) is 7.20. The van der Waals surface area contributed by atoms with Crippen LogP contribution in [0.4, 0.5) is 0 Å². The Hall–Kier alpha value is -0.870. The zero-order valence-electron chi connectivity index (χ0n) is 9.34. The van der Waals surface area contributed by atoms with Crippen molar-refractivity contribution in [3.8, 4) is 0 Å². The zero-order valence-corrected chi connectivity index (χ0v) is 9.34. The molecule has 4 nitrogen and oxygen atoms in total. The Balaban J connectivity index is 1.99. The van der Waals surface area contributed by atoms with Gasteiger partial charge in [-0.2, -0.15) is 0 Å². The number of hydrogen-bond donors (Lipinski definition) is 2. The van der Waals surface area contributed by atoms with Crippen molar-refractivity contribution in [2.75, 3.05) is 26.3 Å². The van der Waals surface area contributed by atoms with Gasteiger partial charge in [0, 0.05) is 6.54 Å². The van der Waals surface area contributed by atoms with Gasteiger partial charge in [-0.3, -0.25) is 4.79 Å². The molecule has 1 unspecified atom stereocenters. The van der Waals surface area contributed by atoms with Crippen LogP contribution in [0.25, 0.3) is 0 Å². The highest BCUT2D eigenvalue weighted by Crippen LogP contribution is 2.03. The van der Waals surface area contributed by atoms with Crippen LogP contribution in [0.5, 0.6) is 0 Å². The maximum Gasteiger partial charge on any atom is 0.237 e. The molecule has 4 heteroatoms. The molecule has 0 saturated carbocycles. The molecule has 0 aromatic rings. The standard InChI is InChI=1S/C11H20N2O2/c1-9(2)8-15-7-6-13-11(14)10-4-3-5-12-10/h10,12H,1,3-8H2,2H3,(H,13,14). The van der Waals surface area contributed by atoms with Crippen LogP contribution < -0.4 is 10.6 Å². The average Bonchev–Trinajstić information content (AvgIpc) is 2.69. The lowest BCUT2D eigenvalue weighted by molar-refractivity contribution is -0.123. The maximum absolute atomic E-state index is 11.5. The number of carbonyl (C=O) groups is 1. The van der Waals surface area contributed by atoms with Crippen LogP contribution in [0.3, 0.4) is 0 Å². The second-order valence-electron chi connectivity index (χ2n) is 3.95. The summed E-state index contributed by atoms with van der Waals surface area (Å²) in [6, 6.07) is 0.00569. The largest absolute Gasteiger partial charge is 0.375 e. The van der Waals surface area contributed by atoms with E-state index in [9.17, 15) is 4.79 Å². The lowest BCUT2D eigenvalue weighted by atomic mass is 10.2. The smallest absolute Gasteiger partial charge is 0.237 e. The van der Waals surface area contributed by atoms with E-state index >= 15 is 0 Å². The normalized spacial score (nSPS) is 20.2. The fourth-order valence-electron chi connectivity index (χ4n) is 1.52. The Morgan fingerprint density at radius 2 is 2.47 bits per heavy atom. The molecular weight excluding hydrogens is 192 g/mol. The highest BCUT2D eigenvalue weighted by molar-refractivity contribution is 5.81. The van der Waals surface area contributed by atoms with Crippen molar-refractivity contribution in [2.24, 2.45) is 0 Å². The number of carbonyl (C=O) groups excluding carboxylic acids is 1. The van der Waals surface area contributed by atoms with Crippen molar-refractivity contribution in [1.82, 2.24) is 10.6 Å². The Morgan fingerprint density at radius 3 is 3.07 bits per heavy atom. The molecule has 0 aromatic carbocycles. The van der Waals surface area contributed by atoms with Gasteiger partial charge < -0.3 is 15.4 Å². The third kappa shape index (κ3) is 4.95. The molecular formula is C11H20N2O2. The molecule has 1 amide bonds. The molecule has 0 spiro atoms. The molecule has 1 aliphatic rings. The van der Waals surface area contributed by atoms with E-state index in [4.69, 9.17) is 4.74 Å². The van der Waals surface area contributed by atoms with E-state index in [1.807, 2.05) is 6.92 Å². The van der Waals surface area contributed by atoms with Gasteiger partial charge in [-0.15, -0.1) is 0 Å². The molecule has 1 aliphatic heterocycles. The first-order valence-corrected chi connectivity index (χ1v) is 5.43. The summed E-state index contributed by atoms with van der Waals surface area (Å²) in [5, 5.41) is 5.99. The first-order valence-electron chi connectivity index (χ1n) is 5.43. The van der Waals surface area contributed by atoms with Crippen LogP contribution in [0.2, 0.25) is 0 Å². The van der Waals surface area contributed by atoms with Crippen molar-refractivity contribution in [2.45, 2.75) is 25.8 Å². The van der Waals surface area contributed by atoms with Crippen molar-refractivity contribution in [1.29, 1.82) is 0 Å². The van der Waals surface area contributed by atoms with Crippen LogP contribution in [0.15, 0.2) is 12.2 Å². The minimum absolute atomic E-state index is 0.00569. The average molecular weight is 212 g/mol. The third-order valence-corrected chi connectivity index (χ3v) is 2.27. The summed E-state index contributed by atoms with van der Waals surface area (Å²) in [7, 11) is 0. The van der Waals surface area contributed by atoms with Crippen molar-refractivity contribution in [3.05, 3.63) is 12.2 Å². The molecule has 1 fully saturated rings. The van der Waals surface area contributed by atoms with Crippen LogP contribution in [-0.4, -0.2) is 38.3 Å². The van der Waals surface area contributed by atoms with Crippen LogP contribution >= 0.6 is 0 Å². The van der Waals surface area contributed by atoms with Crippen molar-refractivity contribution >= 4 is 5.91 Å². The highest BCUT2D eigenvalue weighted by Gasteiger charge is 2.20. The van der Waals surface area contributed by atoms with Gasteiger partial charge in [0.1, 0.15) is 0 Å². The Morgan fingerprint density at radius 1 is 1.67 bits per heavy atom. The molecule has 1 rings (SSSR count). The number of amides is 1. The maximum atomic E-state index is 11.5. The molecule has 86 valence electrons. The minimum atomic E-state index is 0.00569. The summed E-state index contributed by atoms with van der Waals surface area (Å²) in [6.07, 6.45) is 2.03. The van der Waals surface area contributed by atoms with Crippen LogP contribution in [-0.2, 0) is 9.53 Å². The van der Waals surface area contributed by atoms with Gasteiger partial charge in [-0.05, 0) is 26.3 Å². The second-order valence-corrected chi connectivity index (χ2v) is 3.95. The SMILES string of the molecule is C=C(C)COCCNC(=O)C1CCCN1. The lowest BCUT2D eigenvalue weighted by Crippen LogP contribution is -2.41. The molecule has 0 radical (unpaired) electrons. The van der Waals surface area contributed by atoms with E-state index in [1.54, 1.807) is 0 Å². The summed E-state index contributed by atoms with van der Waals surface area (Å²) in [6.45, 7) is 8.28. The Kier molecular flexibility index (Phi) is 5.36. The topological polar surface area (TPSA) is 50.4 Å². The molecule has 0 aliphatic carbocycles. The first kappa shape index (κ1) is 12.2. The second kappa shape index (κ2) is 6.58. The summed E-state index contributed by atoms with van der Waals surface area (Å²) >= 11 is 0. The van der Waals surface area contributed by atoms with E-state index < -0.39 is 0 Å². The fourth-order valence-corrected chi connectivity index (χ4v) is 1.52. The van der Waals surface area contributed by atoms with Gasteiger partial charge in [0.2, 0.25) is 5.91 Å². The van der Waals surface area contributed by atoms with Gasteiger partial charge in [0.15, 0.2) is 0 Å². The number of hydrogen-bond acceptors (Lipinski definition) is 3. The Labute approximate surface area is 91.1 Å². The molecule has 1 saturated heterocycles. The zero-order chi connectivity index (χ0) is 11.1. The van der Waals surface area contributed by atoms with E-state index in [1.165, 1.54) is 0 Å². The number of rotatable bonds is 6. The minimum Gasteiger partial charge on any atom is -0.375 e. The van der Waals surface area contributed by atoms with Crippen LogP contribution in [0, 0.1) is 0 Å². The highest BCUT2D eigenvalue weighted by atomic mass is 16.5. The van der Waals surface area contributed by atoms with E-state index in [0.717, 1.165) is 25.0 Å². The third-order valence-electron chi connectivity index (χ3n) is 2.27. The predicted octanol–water partition coefficient (Wildman–Crippen LogP) is 0.447. The van der Waals surface area contributed by atoms with Crippen LogP contribution in [0.1, 0.15) is 19.8 Å². The van der Waals surface area contributed by atoms with Crippen molar-refractivity contribution in [3.63, 3.8) is 0 Å². The number of ether oxygens (including phenoxy) is 1. The summed E-state index contributed by atoms with van der Waals surface area (Å²) in [4.78, 5) is 11.5. The number of nitrogens with one attached hydrogen (secondary N) is 2. The van der Waals surface area contributed by atoms with Crippen molar-refractivity contribution < 1.29 is 9.53 Å². The van der Waals surface area contributed by atoms with Gasteiger partial charge >= 0.3 is 0 Å². The molecule has 1 atom stereocenters. The molecule has 0 bridgehead atoms. The molecule has 1 heterocycles. The van der Waals surface area contributed by atoms with Gasteiger partial charge in [-0.1, -0.05) is 12.2 Å². The monoisotopic (exact) mass is 212 g/mol. The van der Waals surface area contributed by atoms with E-state index in [-0.39, 0.29) is 11.9 Å². The van der Waals surface area contributed by atoms with Gasteiger partial charge in [0.25, 0.3) is 0 Å². The quantitative estimate of drug-likeness (QED) is 0.496. The van der Waals surface area contributed by atoms with E-state index in [2.05, 4.69) is 17.2 Å². The summed E-state index contributed by atoms with van der Waals surface area (Å²) in [5.74, 6) is 0.0893.